The molecule has 0 saturated carbocycles. The summed E-state index contributed by atoms with van der Waals surface area (Å²) < 4.78 is 7.07. The van der Waals surface area contributed by atoms with Gasteiger partial charge in [-0.3, -0.25) is 14.8 Å². The number of hydrogen-bond acceptors (Lipinski definition) is 7. The Kier molecular flexibility index (Phi) is 5.04. The maximum atomic E-state index is 13.3. The number of carbonyl (C=O) groups is 1. The van der Waals surface area contributed by atoms with Crippen LogP contribution in [0.1, 0.15) is 11.6 Å². The third-order valence-corrected chi connectivity index (χ3v) is 5.09. The van der Waals surface area contributed by atoms with Crippen molar-refractivity contribution in [2.45, 2.75) is 6.04 Å². The van der Waals surface area contributed by atoms with Crippen LogP contribution in [0.25, 0.3) is 11.4 Å². The molecule has 9 nitrogen and oxygen atoms in total. The monoisotopic (exact) mass is 425 g/mol. The maximum Gasteiger partial charge on any atom is 0.255 e. The lowest BCUT2D eigenvalue weighted by Crippen LogP contribution is -2.29. The van der Waals surface area contributed by atoms with Gasteiger partial charge in [0.05, 0.1) is 18.4 Å². The summed E-state index contributed by atoms with van der Waals surface area (Å²) in [4.78, 5) is 26.2. The standard InChI is InChI=1S/C23H19N7O2/c1-32-19-7-3-2-6-18(19)27-22(31)17-14-26-23-28-21(16-5-4-10-25-13-16)29-30(23)20(17)15-8-11-24-12-9-15/h2-14,20H,1H3,(H,27,31)(H,26,28,29). The van der Waals surface area contributed by atoms with E-state index >= 15 is 0 Å². The van der Waals surface area contributed by atoms with Crippen molar-refractivity contribution in [3.8, 4) is 17.1 Å². The van der Waals surface area contributed by atoms with E-state index < -0.39 is 6.04 Å². The van der Waals surface area contributed by atoms with E-state index in [0.717, 1.165) is 11.1 Å². The minimum absolute atomic E-state index is 0.284. The Hall–Kier alpha value is -4.53. The average Bonchev–Trinajstić information content (AvgIpc) is 3.29. The zero-order chi connectivity index (χ0) is 21.9. The number of ether oxygens (including phenoxy) is 1. The summed E-state index contributed by atoms with van der Waals surface area (Å²) in [5.41, 5.74) is 2.68. The summed E-state index contributed by atoms with van der Waals surface area (Å²) in [6, 6.07) is 14.2. The van der Waals surface area contributed by atoms with Gasteiger partial charge in [-0.25, -0.2) is 4.68 Å². The molecule has 3 aromatic heterocycles. The van der Waals surface area contributed by atoms with Gasteiger partial charge < -0.3 is 15.4 Å². The van der Waals surface area contributed by atoms with Crippen LogP contribution in [0.5, 0.6) is 5.75 Å². The molecule has 1 aliphatic heterocycles. The topological polar surface area (TPSA) is 107 Å². The summed E-state index contributed by atoms with van der Waals surface area (Å²) in [6.45, 7) is 0. The Labute approximate surface area is 183 Å². The van der Waals surface area contributed by atoms with Crippen molar-refractivity contribution in [3.05, 3.63) is 90.7 Å². The molecule has 4 aromatic rings. The molecule has 0 bridgehead atoms. The Morgan fingerprint density at radius 1 is 1.06 bits per heavy atom. The van der Waals surface area contributed by atoms with Crippen molar-refractivity contribution in [2.75, 3.05) is 17.7 Å². The zero-order valence-corrected chi connectivity index (χ0v) is 17.1. The first-order valence-electron chi connectivity index (χ1n) is 9.92. The van der Waals surface area contributed by atoms with Gasteiger partial charge in [0, 0.05) is 36.6 Å². The molecule has 1 aliphatic rings. The molecule has 0 fully saturated rings. The number of benzene rings is 1. The first-order chi connectivity index (χ1) is 15.7. The molecular formula is C23H19N7O2. The number of carbonyl (C=O) groups excluding carboxylic acids is 1. The molecule has 158 valence electrons. The van der Waals surface area contributed by atoms with Crippen molar-refractivity contribution < 1.29 is 9.53 Å². The molecule has 1 unspecified atom stereocenters. The number of rotatable bonds is 5. The Bertz CT molecular complexity index is 1290. The first kappa shape index (κ1) is 19.4. The van der Waals surface area contributed by atoms with Crippen LogP contribution in [0.3, 0.4) is 0 Å². The second kappa shape index (κ2) is 8.31. The number of hydrogen-bond donors (Lipinski definition) is 2. The van der Waals surface area contributed by atoms with Gasteiger partial charge in [-0.05, 0) is 42.0 Å². The second-order valence-electron chi connectivity index (χ2n) is 7.03. The lowest BCUT2D eigenvalue weighted by molar-refractivity contribution is -0.113. The van der Waals surface area contributed by atoms with Crippen LogP contribution < -0.4 is 15.4 Å². The predicted molar refractivity (Wildman–Crippen MR) is 119 cm³/mol. The zero-order valence-electron chi connectivity index (χ0n) is 17.1. The Balaban J connectivity index is 1.54. The van der Waals surface area contributed by atoms with Crippen LogP contribution >= 0.6 is 0 Å². The highest BCUT2D eigenvalue weighted by molar-refractivity contribution is 6.06. The summed E-state index contributed by atoms with van der Waals surface area (Å²) in [5.74, 6) is 1.33. The van der Waals surface area contributed by atoms with E-state index in [0.29, 0.717) is 28.8 Å². The lowest BCUT2D eigenvalue weighted by atomic mass is 9.98. The van der Waals surface area contributed by atoms with Gasteiger partial charge in [-0.15, -0.1) is 5.10 Å². The molecule has 32 heavy (non-hydrogen) atoms. The smallest absolute Gasteiger partial charge is 0.255 e. The van der Waals surface area contributed by atoms with E-state index in [2.05, 4.69) is 30.7 Å². The van der Waals surface area contributed by atoms with Crippen LogP contribution in [0.2, 0.25) is 0 Å². The van der Waals surface area contributed by atoms with E-state index in [1.165, 1.54) is 0 Å². The van der Waals surface area contributed by atoms with Crippen molar-refractivity contribution in [2.24, 2.45) is 0 Å². The van der Waals surface area contributed by atoms with Gasteiger partial charge in [0.25, 0.3) is 5.91 Å². The highest BCUT2D eigenvalue weighted by Crippen LogP contribution is 2.34. The number of amides is 1. The average molecular weight is 425 g/mol. The van der Waals surface area contributed by atoms with Crippen LogP contribution in [-0.4, -0.2) is 37.7 Å². The van der Waals surface area contributed by atoms with Crippen LogP contribution in [-0.2, 0) is 4.79 Å². The summed E-state index contributed by atoms with van der Waals surface area (Å²) in [5, 5.41) is 10.7. The molecule has 9 heteroatoms. The third kappa shape index (κ3) is 3.56. The number of pyridine rings is 2. The van der Waals surface area contributed by atoms with Gasteiger partial charge >= 0.3 is 0 Å². The molecule has 2 N–H and O–H groups in total. The normalized spacial score (nSPS) is 14.7. The lowest BCUT2D eigenvalue weighted by Gasteiger charge is -2.25. The maximum absolute atomic E-state index is 13.3. The number of fused-ring (bicyclic) bond motifs is 1. The van der Waals surface area contributed by atoms with Crippen molar-refractivity contribution in [1.82, 2.24) is 24.7 Å². The summed E-state index contributed by atoms with van der Waals surface area (Å²) in [6.07, 6.45) is 8.43. The minimum Gasteiger partial charge on any atom is -0.495 e. The highest BCUT2D eigenvalue weighted by atomic mass is 16.5. The molecule has 0 aliphatic carbocycles. The van der Waals surface area contributed by atoms with Crippen LogP contribution in [0.15, 0.2) is 85.1 Å². The number of anilines is 2. The second-order valence-corrected chi connectivity index (χ2v) is 7.03. The van der Waals surface area contributed by atoms with Crippen LogP contribution in [0, 0.1) is 0 Å². The Morgan fingerprint density at radius 3 is 2.69 bits per heavy atom. The fraction of sp³-hybridized carbons (Fsp3) is 0.0870. The van der Waals surface area contributed by atoms with Gasteiger partial charge in [-0.1, -0.05) is 12.1 Å². The molecule has 1 amide bonds. The molecule has 4 heterocycles. The van der Waals surface area contributed by atoms with Crippen molar-refractivity contribution in [3.63, 3.8) is 0 Å². The van der Waals surface area contributed by atoms with Gasteiger partial charge in [0.15, 0.2) is 5.82 Å². The largest absolute Gasteiger partial charge is 0.495 e. The van der Waals surface area contributed by atoms with E-state index in [4.69, 9.17) is 4.74 Å². The number of para-hydroxylation sites is 2. The van der Waals surface area contributed by atoms with Gasteiger partial charge in [-0.2, -0.15) is 4.98 Å². The van der Waals surface area contributed by atoms with Crippen LogP contribution in [0.4, 0.5) is 11.6 Å². The number of methoxy groups -OCH3 is 1. The third-order valence-electron chi connectivity index (χ3n) is 5.09. The molecule has 1 aromatic carbocycles. The fourth-order valence-electron chi connectivity index (χ4n) is 3.57. The molecular weight excluding hydrogens is 406 g/mol. The van der Waals surface area contributed by atoms with E-state index in [-0.39, 0.29) is 5.91 Å². The van der Waals surface area contributed by atoms with E-state index in [9.17, 15) is 4.79 Å². The highest BCUT2D eigenvalue weighted by Gasteiger charge is 2.32. The number of nitrogens with zero attached hydrogens (tertiary/aromatic N) is 5. The van der Waals surface area contributed by atoms with E-state index in [1.807, 2.05) is 36.4 Å². The predicted octanol–water partition coefficient (Wildman–Crippen LogP) is 3.28. The van der Waals surface area contributed by atoms with Crippen molar-refractivity contribution in [1.29, 1.82) is 0 Å². The minimum atomic E-state index is -0.498. The first-order valence-corrected chi connectivity index (χ1v) is 9.92. The summed E-state index contributed by atoms with van der Waals surface area (Å²) in [7, 11) is 1.56. The SMILES string of the molecule is COc1ccccc1NC(=O)C1=CNc2nc(-c3cccnc3)nn2C1c1ccncc1. The van der Waals surface area contributed by atoms with E-state index in [1.54, 1.807) is 54.9 Å². The van der Waals surface area contributed by atoms with Crippen molar-refractivity contribution >= 4 is 17.5 Å². The fourth-order valence-corrected chi connectivity index (χ4v) is 3.57. The number of aromatic nitrogens is 5. The molecule has 1 atom stereocenters. The molecule has 0 spiro atoms. The number of nitrogens with one attached hydrogen (secondary N) is 2. The molecule has 0 saturated heterocycles. The Morgan fingerprint density at radius 2 is 1.91 bits per heavy atom. The molecule has 5 rings (SSSR count). The molecule has 0 radical (unpaired) electrons. The van der Waals surface area contributed by atoms with Gasteiger partial charge in [0.1, 0.15) is 11.8 Å². The summed E-state index contributed by atoms with van der Waals surface area (Å²) >= 11 is 0. The quantitative estimate of drug-likeness (QED) is 0.505. The van der Waals surface area contributed by atoms with Gasteiger partial charge in [0.2, 0.25) is 5.95 Å².